The van der Waals surface area contributed by atoms with Gasteiger partial charge in [0.05, 0.1) is 0 Å². The van der Waals surface area contributed by atoms with Crippen LogP contribution in [0.3, 0.4) is 0 Å². The van der Waals surface area contributed by atoms with Crippen molar-refractivity contribution >= 4 is 0 Å². The van der Waals surface area contributed by atoms with Crippen molar-refractivity contribution in [1.82, 2.24) is 5.43 Å². The van der Waals surface area contributed by atoms with Gasteiger partial charge in [0, 0.05) is 6.04 Å². The summed E-state index contributed by atoms with van der Waals surface area (Å²) < 4.78 is 0. The van der Waals surface area contributed by atoms with Crippen molar-refractivity contribution in [3.05, 3.63) is 35.9 Å². The highest BCUT2D eigenvalue weighted by atomic mass is 15.2. The van der Waals surface area contributed by atoms with Crippen molar-refractivity contribution in [3.63, 3.8) is 0 Å². The number of rotatable bonds is 4. The quantitative estimate of drug-likeness (QED) is 0.527. The van der Waals surface area contributed by atoms with E-state index in [1.54, 1.807) is 0 Å². The molecule has 66 valence electrons. The molecule has 1 atom stereocenters. The van der Waals surface area contributed by atoms with Gasteiger partial charge in [-0.15, -0.1) is 0 Å². The average Bonchev–Trinajstić information content (AvgIpc) is 2.15. The van der Waals surface area contributed by atoms with Gasteiger partial charge in [-0.05, 0) is 12.0 Å². The summed E-state index contributed by atoms with van der Waals surface area (Å²) in [4.78, 5) is 0. The largest absolute Gasteiger partial charge is 0.271 e. The molecule has 0 aliphatic heterocycles. The summed E-state index contributed by atoms with van der Waals surface area (Å²) in [7, 11) is 0. The van der Waals surface area contributed by atoms with Gasteiger partial charge < -0.3 is 0 Å². The Labute approximate surface area is 73.8 Å². The highest BCUT2D eigenvalue weighted by molar-refractivity contribution is 5.18. The smallest absolute Gasteiger partial charge is 0.0459 e. The van der Waals surface area contributed by atoms with Crippen molar-refractivity contribution in [2.45, 2.75) is 25.8 Å². The molecule has 0 aliphatic carbocycles. The third-order valence-electron chi connectivity index (χ3n) is 1.98. The van der Waals surface area contributed by atoms with Crippen LogP contribution in [0.5, 0.6) is 0 Å². The Balaban J connectivity index is 2.66. The van der Waals surface area contributed by atoms with Gasteiger partial charge in [0.2, 0.25) is 0 Å². The van der Waals surface area contributed by atoms with Crippen LogP contribution in [0.1, 0.15) is 31.4 Å². The molecule has 3 N–H and O–H groups in total. The zero-order chi connectivity index (χ0) is 8.81. The first-order chi connectivity index (χ1) is 5.88. The van der Waals surface area contributed by atoms with Crippen LogP contribution in [0, 0.1) is 0 Å². The van der Waals surface area contributed by atoms with Crippen LogP contribution < -0.4 is 11.3 Å². The average molecular weight is 164 g/mol. The van der Waals surface area contributed by atoms with E-state index in [0.717, 1.165) is 12.8 Å². The van der Waals surface area contributed by atoms with Gasteiger partial charge in [-0.1, -0.05) is 43.7 Å². The van der Waals surface area contributed by atoms with E-state index in [2.05, 4.69) is 24.5 Å². The summed E-state index contributed by atoms with van der Waals surface area (Å²) in [5.41, 5.74) is 4.08. The number of nitrogens with one attached hydrogen (secondary N) is 1. The van der Waals surface area contributed by atoms with E-state index in [4.69, 9.17) is 5.84 Å². The first kappa shape index (κ1) is 9.23. The molecule has 0 saturated carbocycles. The van der Waals surface area contributed by atoms with Crippen molar-refractivity contribution in [2.75, 3.05) is 0 Å². The molecule has 0 bridgehead atoms. The fourth-order valence-corrected chi connectivity index (χ4v) is 1.32. The Morgan fingerprint density at radius 1 is 1.33 bits per heavy atom. The minimum atomic E-state index is 0.302. The Kier molecular flexibility index (Phi) is 3.77. The molecule has 0 aliphatic rings. The van der Waals surface area contributed by atoms with Crippen molar-refractivity contribution < 1.29 is 0 Å². The lowest BCUT2D eigenvalue weighted by molar-refractivity contribution is 0.510. The third kappa shape index (κ3) is 2.32. The van der Waals surface area contributed by atoms with Crippen LogP contribution in [0.15, 0.2) is 30.3 Å². The molecule has 1 aromatic rings. The van der Waals surface area contributed by atoms with Crippen molar-refractivity contribution in [2.24, 2.45) is 5.84 Å². The Morgan fingerprint density at radius 3 is 2.50 bits per heavy atom. The van der Waals surface area contributed by atoms with Crippen LogP contribution in [0.4, 0.5) is 0 Å². The van der Waals surface area contributed by atoms with E-state index < -0.39 is 0 Å². The fraction of sp³-hybridized carbons (Fsp3) is 0.400. The maximum absolute atomic E-state index is 5.44. The van der Waals surface area contributed by atoms with Crippen LogP contribution in [0.2, 0.25) is 0 Å². The molecule has 0 heterocycles. The minimum Gasteiger partial charge on any atom is -0.271 e. The lowest BCUT2D eigenvalue weighted by Crippen LogP contribution is -2.27. The van der Waals surface area contributed by atoms with Gasteiger partial charge in [-0.25, -0.2) is 0 Å². The van der Waals surface area contributed by atoms with Gasteiger partial charge in [0.1, 0.15) is 0 Å². The predicted molar refractivity (Wildman–Crippen MR) is 51.4 cm³/mol. The fourth-order valence-electron chi connectivity index (χ4n) is 1.32. The van der Waals surface area contributed by atoms with Gasteiger partial charge >= 0.3 is 0 Å². The summed E-state index contributed by atoms with van der Waals surface area (Å²) in [6, 6.07) is 10.6. The zero-order valence-electron chi connectivity index (χ0n) is 7.46. The Bertz CT molecular complexity index is 208. The molecule has 0 amide bonds. The molecule has 1 rings (SSSR count). The summed E-state index contributed by atoms with van der Waals surface area (Å²) in [5.74, 6) is 5.44. The minimum absolute atomic E-state index is 0.302. The number of hydrazine groups is 1. The maximum Gasteiger partial charge on any atom is 0.0459 e. The number of hydrogen-bond acceptors (Lipinski definition) is 2. The second kappa shape index (κ2) is 4.91. The second-order valence-electron chi connectivity index (χ2n) is 2.92. The highest BCUT2D eigenvalue weighted by Gasteiger charge is 2.05. The highest BCUT2D eigenvalue weighted by Crippen LogP contribution is 2.16. The van der Waals surface area contributed by atoms with Gasteiger partial charge in [0.25, 0.3) is 0 Å². The Hall–Kier alpha value is -0.860. The molecule has 2 nitrogen and oxygen atoms in total. The lowest BCUT2D eigenvalue weighted by atomic mass is 10.0. The Morgan fingerprint density at radius 2 is 2.00 bits per heavy atom. The third-order valence-corrected chi connectivity index (χ3v) is 1.98. The van der Waals surface area contributed by atoms with Crippen LogP contribution in [-0.2, 0) is 0 Å². The van der Waals surface area contributed by atoms with Crippen LogP contribution >= 0.6 is 0 Å². The van der Waals surface area contributed by atoms with Crippen LogP contribution in [0.25, 0.3) is 0 Å². The standard InChI is InChI=1S/C10H16N2/c1-2-6-10(12-11)9-7-4-3-5-8-9/h3-5,7-8,10,12H,2,6,11H2,1H3. The maximum atomic E-state index is 5.44. The van der Waals surface area contributed by atoms with E-state index in [1.807, 2.05) is 18.2 Å². The monoisotopic (exact) mass is 164 g/mol. The predicted octanol–water partition coefficient (Wildman–Crippen LogP) is 1.99. The summed E-state index contributed by atoms with van der Waals surface area (Å²) >= 11 is 0. The molecular weight excluding hydrogens is 148 g/mol. The molecule has 1 unspecified atom stereocenters. The molecular formula is C10H16N2. The first-order valence-corrected chi connectivity index (χ1v) is 4.39. The van der Waals surface area contributed by atoms with Crippen molar-refractivity contribution in [3.8, 4) is 0 Å². The number of nitrogens with two attached hydrogens (primary N) is 1. The lowest BCUT2D eigenvalue weighted by Gasteiger charge is -2.14. The van der Waals surface area contributed by atoms with E-state index in [-0.39, 0.29) is 0 Å². The SMILES string of the molecule is CCCC(NN)c1ccccc1. The van der Waals surface area contributed by atoms with E-state index in [0.29, 0.717) is 6.04 Å². The summed E-state index contributed by atoms with van der Waals surface area (Å²) in [5, 5.41) is 0. The number of hydrogen-bond donors (Lipinski definition) is 2. The molecule has 0 radical (unpaired) electrons. The molecule has 1 aromatic carbocycles. The molecule has 0 saturated heterocycles. The van der Waals surface area contributed by atoms with Crippen LogP contribution in [-0.4, -0.2) is 0 Å². The molecule has 0 aromatic heterocycles. The summed E-state index contributed by atoms with van der Waals surface area (Å²) in [6.07, 6.45) is 2.23. The molecule has 2 heteroatoms. The summed E-state index contributed by atoms with van der Waals surface area (Å²) in [6.45, 7) is 2.16. The first-order valence-electron chi connectivity index (χ1n) is 4.39. The van der Waals surface area contributed by atoms with Gasteiger partial charge in [-0.2, -0.15) is 0 Å². The second-order valence-corrected chi connectivity index (χ2v) is 2.92. The normalized spacial score (nSPS) is 12.8. The van der Waals surface area contributed by atoms with E-state index in [1.165, 1.54) is 5.56 Å². The molecule has 12 heavy (non-hydrogen) atoms. The number of benzene rings is 1. The van der Waals surface area contributed by atoms with Crippen molar-refractivity contribution in [1.29, 1.82) is 0 Å². The van der Waals surface area contributed by atoms with E-state index >= 15 is 0 Å². The molecule has 0 fully saturated rings. The molecule has 0 spiro atoms. The topological polar surface area (TPSA) is 38.0 Å². The zero-order valence-corrected chi connectivity index (χ0v) is 7.46. The van der Waals surface area contributed by atoms with E-state index in [9.17, 15) is 0 Å². The van der Waals surface area contributed by atoms with Gasteiger partial charge in [0.15, 0.2) is 0 Å². The van der Waals surface area contributed by atoms with Gasteiger partial charge in [-0.3, -0.25) is 11.3 Å².